The van der Waals surface area contributed by atoms with Crippen molar-refractivity contribution in [2.24, 2.45) is 0 Å². The minimum Gasteiger partial charge on any atom is -0.497 e. The normalized spacial score (nSPS) is 12.2. The summed E-state index contributed by atoms with van der Waals surface area (Å²) in [6.07, 6.45) is 2.76. The summed E-state index contributed by atoms with van der Waals surface area (Å²) in [5, 5.41) is 11.8. The molecule has 0 aliphatic carbocycles. The van der Waals surface area contributed by atoms with Crippen molar-refractivity contribution in [1.29, 1.82) is 0 Å². The van der Waals surface area contributed by atoms with Crippen molar-refractivity contribution in [2.45, 2.75) is 33.2 Å². The quantitative estimate of drug-likeness (QED) is 0.670. The summed E-state index contributed by atoms with van der Waals surface area (Å²) in [5.74, 6) is 2.38. The van der Waals surface area contributed by atoms with Gasteiger partial charge in [0, 0.05) is 23.7 Å². The third-order valence-corrected chi connectivity index (χ3v) is 4.51. The van der Waals surface area contributed by atoms with E-state index in [0.717, 1.165) is 35.0 Å². The lowest BCUT2D eigenvalue weighted by Gasteiger charge is -2.19. The van der Waals surface area contributed by atoms with Crippen LogP contribution in [0, 0.1) is 6.92 Å². The maximum atomic E-state index is 6.35. The lowest BCUT2D eigenvalue weighted by Crippen LogP contribution is -2.18. The monoisotopic (exact) mass is 359 g/mol. The fourth-order valence-corrected chi connectivity index (χ4v) is 2.72. The van der Waals surface area contributed by atoms with Gasteiger partial charge in [0.15, 0.2) is 5.65 Å². The number of ether oxygens (including phenoxy) is 1. The molecule has 0 radical (unpaired) electrons. The van der Waals surface area contributed by atoms with Crippen LogP contribution in [0.25, 0.3) is 5.65 Å². The Kier molecular flexibility index (Phi) is 4.99. The van der Waals surface area contributed by atoms with Gasteiger partial charge < -0.3 is 15.4 Å². The highest BCUT2D eigenvalue weighted by Gasteiger charge is 2.15. The summed E-state index contributed by atoms with van der Waals surface area (Å²) < 4.78 is 7.02. The lowest BCUT2D eigenvalue weighted by molar-refractivity contribution is 0.415. The Bertz CT molecular complexity index is 893. The fraction of sp³-hybridized carbons (Fsp3) is 0.333. The summed E-state index contributed by atoms with van der Waals surface area (Å²) in [4.78, 5) is 4.67. The number of fused-ring (bicyclic) bond motifs is 1. The average Bonchev–Trinajstić information content (AvgIpc) is 3.07. The van der Waals surface area contributed by atoms with E-state index in [9.17, 15) is 0 Å². The number of halogens is 1. The van der Waals surface area contributed by atoms with Gasteiger partial charge in [-0.1, -0.05) is 18.5 Å². The molecule has 7 heteroatoms. The van der Waals surface area contributed by atoms with Gasteiger partial charge in [0.1, 0.15) is 17.4 Å². The van der Waals surface area contributed by atoms with Crippen LogP contribution in [0.5, 0.6) is 5.75 Å². The molecule has 2 heterocycles. The second kappa shape index (κ2) is 7.19. The zero-order chi connectivity index (χ0) is 18.0. The fourth-order valence-electron chi connectivity index (χ4n) is 2.50. The summed E-state index contributed by atoms with van der Waals surface area (Å²) in [5.41, 5.74) is 2.52. The minimum absolute atomic E-state index is 0.325. The Morgan fingerprint density at radius 2 is 2.12 bits per heavy atom. The molecule has 2 aromatic heterocycles. The van der Waals surface area contributed by atoms with Crippen molar-refractivity contribution >= 4 is 34.6 Å². The molecule has 3 rings (SSSR count). The highest BCUT2D eigenvalue weighted by Crippen LogP contribution is 2.32. The Labute approximate surface area is 152 Å². The number of aromatic nitrogens is 3. The molecule has 0 spiro atoms. The number of nitrogens with zero attached hydrogens (tertiary/aromatic N) is 3. The lowest BCUT2D eigenvalue weighted by atomic mass is 10.2. The summed E-state index contributed by atoms with van der Waals surface area (Å²) in [6.45, 7) is 6.30. The molecule has 0 amide bonds. The molecule has 6 nitrogen and oxygen atoms in total. The van der Waals surface area contributed by atoms with Gasteiger partial charge in [0.05, 0.1) is 24.0 Å². The van der Waals surface area contributed by atoms with Crippen molar-refractivity contribution in [3.05, 3.63) is 41.0 Å². The van der Waals surface area contributed by atoms with Crippen LogP contribution in [0.1, 0.15) is 25.8 Å². The van der Waals surface area contributed by atoms with Gasteiger partial charge >= 0.3 is 0 Å². The van der Waals surface area contributed by atoms with Crippen LogP contribution < -0.4 is 15.4 Å². The zero-order valence-electron chi connectivity index (χ0n) is 14.8. The Hall–Kier alpha value is -2.47. The van der Waals surface area contributed by atoms with E-state index >= 15 is 0 Å². The first-order valence-corrected chi connectivity index (χ1v) is 8.62. The molecule has 1 unspecified atom stereocenters. The molecule has 1 atom stereocenters. The molecule has 0 saturated heterocycles. The highest BCUT2D eigenvalue weighted by molar-refractivity contribution is 6.33. The highest BCUT2D eigenvalue weighted by atomic mass is 35.5. The maximum absolute atomic E-state index is 6.35. The SMILES string of the molecule is CCC(C)Nc1c(C)c(Nc2ccc(OC)cc2Cl)nc2ccnn12. The zero-order valence-corrected chi connectivity index (χ0v) is 15.6. The van der Waals surface area contributed by atoms with Crippen LogP contribution >= 0.6 is 11.6 Å². The number of methoxy groups -OCH3 is 1. The van der Waals surface area contributed by atoms with E-state index in [1.54, 1.807) is 19.4 Å². The molecule has 25 heavy (non-hydrogen) atoms. The largest absolute Gasteiger partial charge is 0.497 e. The summed E-state index contributed by atoms with van der Waals surface area (Å²) in [7, 11) is 1.62. The number of anilines is 3. The van der Waals surface area contributed by atoms with E-state index in [1.807, 2.05) is 29.6 Å². The predicted octanol–water partition coefficient (Wildman–Crippen LogP) is 4.65. The van der Waals surface area contributed by atoms with Gasteiger partial charge in [-0.3, -0.25) is 0 Å². The van der Waals surface area contributed by atoms with Crippen molar-refractivity contribution < 1.29 is 4.74 Å². The molecule has 2 N–H and O–H groups in total. The third kappa shape index (κ3) is 3.49. The van der Waals surface area contributed by atoms with Gasteiger partial charge in [0.25, 0.3) is 0 Å². The Morgan fingerprint density at radius 3 is 2.80 bits per heavy atom. The van der Waals surface area contributed by atoms with Crippen molar-refractivity contribution in [1.82, 2.24) is 14.6 Å². The molecule has 3 aromatic rings. The molecule has 132 valence electrons. The Balaban J connectivity index is 2.03. The summed E-state index contributed by atoms with van der Waals surface area (Å²) in [6, 6.07) is 7.71. The van der Waals surface area contributed by atoms with Gasteiger partial charge in [-0.25, -0.2) is 4.98 Å². The molecule has 1 aromatic carbocycles. The number of hydrogen-bond acceptors (Lipinski definition) is 5. The molecule has 0 fully saturated rings. The van der Waals surface area contributed by atoms with Crippen LogP contribution in [0.3, 0.4) is 0 Å². The molecular weight excluding hydrogens is 338 g/mol. The van der Waals surface area contributed by atoms with Gasteiger partial charge in [-0.05, 0) is 32.4 Å². The maximum Gasteiger partial charge on any atom is 0.159 e. The number of benzene rings is 1. The van der Waals surface area contributed by atoms with E-state index in [-0.39, 0.29) is 0 Å². The second-order valence-corrected chi connectivity index (χ2v) is 6.37. The van der Waals surface area contributed by atoms with E-state index in [0.29, 0.717) is 16.8 Å². The van der Waals surface area contributed by atoms with Gasteiger partial charge in [0.2, 0.25) is 0 Å². The standard InChI is InChI=1S/C18H22ClN5O/c1-5-11(2)21-18-12(3)17(23-16-8-9-20-24(16)18)22-15-7-6-13(25-4)10-14(15)19/h6-11,21H,5H2,1-4H3,(H,22,23). The predicted molar refractivity (Wildman–Crippen MR) is 102 cm³/mol. The van der Waals surface area contributed by atoms with Crippen LogP contribution in [-0.2, 0) is 0 Å². The van der Waals surface area contributed by atoms with E-state index < -0.39 is 0 Å². The first-order valence-electron chi connectivity index (χ1n) is 8.25. The van der Waals surface area contributed by atoms with Gasteiger partial charge in [-0.15, -0.1) is 0 Å². The third-order valence-electron chi connectivity index (χ3n) is 4.20. The Morgan fingerprint density at radius 1 is 1.32 bits per heavy atom. The topological polar surface area (TPSA) is 63.5 Å². The first kappa shape index (κ1) is 17.4. The average molecular weight is 360 g/mol. The number of rotatable bonds is 6. The van der Waals surface area contributed by atoms with Crippen molar-refractivity contribution in [3.63, 3.8) is 0 Å². The first-order chi connectivity index (χ1) is 12.0. The molecule has 0 aliphatic rings. The van der Waals surface area contributed by atoms with Crippen LogP contribution in [0.4, 0.5) is 17.3 Å². The number of nitrogens with one attached hydrogen (secondary N) is 2. The van der Waals surface area contributed by atoms with E-state index in [1.165, 1.54) is 0 Å². The van der Waals surface area contributed by atoms with Crippen LogP contribution in [-0.4, -0.2) is 27.7 Å². The second-order valence-electron chi connectivity index (χ2n) is 5.96. The summed E-state index contributed by atoms with van der Waals surface area (Å²) >= 11 is 6.35. The number of hydrogen-bond donors (Lipinski definition) is 2. The van der Waals surface area contributed by atoms with Crippen molar-refractivity contribution in [2.75, 3.05) is 17.7 Å². The molecule has 0 aliphatic heterocycles. The smallest absolute Gasteiger partial charge is 0.159 e. The van der Waals surface area contributed by atoms with E-state index in [4.69, 9.17) is 16.3 Å². The van der Waals surface area contributed by atoms with E-state index in [2.05, 4.69) is 34.6 Å². The van der Waals surface area contributed by atoms with Crippen LogP contribution in [0.15, 0.2) is 30.5 Å². The molecule has 0 saturated carbocycles. The van der Waals surface area contributed by atoms with Crippen LogP contribution in [0.2, 0.25) is 5.02 Å². The van der Waals surface area contributed by atoms with Gasteiger partial charge in [-0.2, -0.15) is 9.61 Å². The molecular formula is C18H22ClN5O. The van der Waals surface area contributed by atoms with Crippen molar-refractivity contribution in [3.8, 4) is 5.75 Å². The minimum atomic E-state index is 0.325. The molecule has 0 bridgehead atoms.